The maximum Gasteiger partial charge on any atom is 0.0820 e. The highest BCUT2D eigenvalue weighted by Gasteiger charge is 1.96. The smallest absolute Gasteiger partial charge is 0.0820 e. The number of halogens is 1. The lowest BCUT2D eigenvalue weighted by atomic mass is 10.4. The summed E-state index contributed by atoms with van der Waals surface area (Å²) >= 11 is 7.68. The molecule has 0 fully saturated rings. The predicted molar refractivity (Wildman–Crippen MR) is 56.1 cm³/mol. The Morgan fingerprint density at radius 1 is 1.67 bits per heavy atom. The largest absolute Gasteiger partial charge is 0.383 e. The van der Waals surface area contributed by atoms with Crippen molar-refractivity contribution in [1.82, 2.24) is 4.98 Å². The van der Waals surface area contributed by atoms with Gasteiger partial charge in [-0.15, -0.1) is 0 Å². The first-order valence-electron chi connectivity index (χ1n) is 3.67. The van der Waals surface area contributed by atoms with Crippen LogP contribution in [0.1, 0.15) is 0 Å². The van der Waals surface area contributed by atoms with Crippen molar-refractivity contribution in [3.05, 3.63) is 23.5 Å². The van der Waals surface area contributed by atoms with Crippen molar-refractivity contribution >= 4 is 29.1 Å². The maximum absolute atomic E-state index is 5.87. The van der Waals surface area contributed by atoms with E-state index in [0.29, 0.717) is 5.02 Å². The van der Waals surface area contributed by atoms with Crippen LogP contribution in [0.5, 0.6) is 0 Å². The van der Waals surface area contributed by atoms with Gasteiger partial charge in [-0.1, -0.05) is 11.6 Å². The average Bonchev–Trinajstić information content (AvgIpc) is 2.09. The fraction of sp³-hybridized carbons (Fsp3) is 0.375. The highest BCUT2D eigenvalue weighted by atomic mass is 35.5. The predicted octanol–water partition coefficient (Wildman–Crippen LogP) is 2.51. The molecular weight excluding hydrogens is 192 g/mol. The Balaban J connectivity index is 2.46. The molecule has 0 spiro atoms. The van der Waals surface area contributed by atoms with Crippen molar-refractivity contribution in [3.8, 4) is 0 Å². The topological polar surface area (TPSA) is 24.9 Å². The molecule has 0 unspecified atom stereocenters. The molecule has 0 saturated carbocycles. The summed E-state index contributed by atoms with van der Waals surface area (Å²) in [5.74, 6) is 1.08. The van der Waals surface area contributed by atoms with Crippen molar-refractivity contribution in [2.45, 2.75) is 0 Å². The van der Waals surface area contributed by atoms with Crippen LogP contribution in [0.15, 0.2) is 18.5 Å². The summed E-state index contributed by atoms with van der Waals surface area (Å²) in [4.78, 5) is 3.90. The monoisotopic (exact) mass is 202 g/mol. The molecule has 1 N–H and O–H groups in total. The first kappa shape index (κ1) is 9.68. The molecule has 1 rings (SSSR count). The molecule has 2 nitrogen and oxygen atoms in total. The molecule has 4 heteroatoms. The number of aromatic nitrogens is 1. The van der Waals surface area contributed by atoms with E-state index < -0.39 is 0 Å². The van der Waals surface area contributed by atoms with Gasteiger partial charge in [-0.2, -0.15) is 11.8 Å². The van der Waals surface area contributed by atoms with Gasteiger partial charge in [0.1, 0.15) is 0 Å². The minimum Gasteiger partial charge on any atom is -0.383 e. The highest BCUT2D eigenvalue weighted by molar-refractivity contribution is 7.98. The van der Waals surface area contributed by atoms with Crippen molar-refractivity contribution in [1.29, 1.82) is 0 Å². The number of pyridine rings is 1. The van der Waals surface area contributed by atoms with Gasteiger partial charge in [0.05, 0.1) is 10.7 Å². The van der Waals surface area contributed by atoms with Gasteiger partial charge in [0.25, 0.3) is 0 Å². The summed E-state index contributed by atoms with van der Waals surface area (Å²) in [6.45, 7) is 0.935. The third kappa shape index (κ3) is 2.91. The van der Waals surface area contributed by atoms with Crippen LogP contribution in [-0.2, 0) is 0 Å². The van der Waals surface area contributed by atoms with Crippen molar-refractivity contribution < 1.29 is 0 Å². The van der Waals surface area contributed by atoms with E-state index in [1.807, 2.05) is 6.07 Å². The second-order valence-corrected chi connectivity index (χ2v) is 3.67. The quantitative estimate of drug-likeness (QED) is 0.760. The number of hydrogen-bond donors (Lipinski definition) is 1. The molecular formula is C8H11ClN2S. The van der Waals surface area contributed by atoms with Crippen LogP contribution < -0.4 is 5.32 Å². The lowest BCUT2D eigenvalue weighted by Crippen LogP contribution is -2.03. The summed E-state index contributed by atoms with van der Waals surface area (Å²) in [6, 6.07) is 1.88. The molecule has 0 aliphatic carbocycles. The number of rotatable bonds is 4. The van der Waals surface area contributed by atoms with Crippen LogP contribution in [0.2, 0.25) is 5.02 Å². The molecule has 0 saturated heterocycles. The number of nitrogens with zero attached hydrogens (tertiary/aromatic N) is 1. The van der Waals surface area contributed by atoms with Gasteiger partial charge in [-0.05, 0) is 12.3 Å². The average molecular weight is 203 g/mol. The molecule has 12 heavy (non-hydrogen) atoms. The minimum absolute atomic E-state index is 0.679. The minimum atomic E-state index is 0.679. The van der Waals surface area contributed by atoms with Gasteiger partial charge in [0, 0.05) is 24.7 Å². The molecule has 66 valence electrons. The number of thioether (sulfide) groups is 1. The van der Waals surface area contributed by atoms with E-state index in [4.69, 9.17) is 11.6 Å². The third-order valence-electron chi connectivity index (χ3n) is 1.39. The van der Waals surface area contributed by atoms with Crippen molar-refractivity contribution in [2.24, 2.45) is 0 Å². The molecule has 0 atom stereocenters. The molecule has 1 heterocycles. The van der Waals surface area contributed by atoms with E-state index in [0.717, 1.165) is 18.0 Å². The van der Waals surface area contributed by atoms with Gasteiger partial charge >= 0.3 is 0 Å². The fourth-order valence-corrected chi connectivity index (χ4v) is 1.30. The molecule has 0 aliphatic rings. The molecule has 0 aliphatic heterocycles. The SMILES string of the molecule is CSCCNc1ccncc1Cl. The second-order valence-electron chi connectivity index (χ2n) is 2.28. The number of hydrogen-bond acceptors (Lipinski definition) is 3. The zero-order chi connectivity index (χ0) is 8.81. The molecule has 0 amide bonds. The van der Waals surface area contributed by atoms with Crippen LogP contribution >= 0.6 is 23.4 Å². The van der Waals surface area contributed by atoms with E-state index in [9.17, 15) is 0 Å². The second kappa shape index (κ2) is 5.27. The van der Waals surface area contributed by atoms with Crippen LogP contribution in [0.3, 0.4) is 0 Å². The number of anilines is 1. The van der Waals surface area contributed by atoms with Gasteiger partial charge < -0.3 is 5.32 Å². The van der Waals surface area contributed by atoms with Gasteiger partial charge in [0.2, 0.25) is 0 Å². The van der Waals surface area contributed by atoms with Gasteiger partial charge in [0.15, 0.2) is 0 Å². The van der Waals surface area contributed by atoms with Gasteiger partial charge in [-0.25, -0.2) is 0 Å². The molecule has 0 radical (unpaired) electrons. The van der Waals surface area contributed by atoms with E-state index in [-0.39, 0.29) is 0 Å². The van der Waals surface area contributed by atoms with Crippen LogP contribution in [0, 0.1) is 0 Å². The lowest BCUT2D eigenvalue weighted by Gasteiger charge is -2.05. The molecule has 1 aromatic rings. The van der Waals surface area contributed by atoms with Crippen LogP contribution in [-0.4, -0.2) is 23.5 Å². The molecule has 1 aromatic heterocycles. The van der Waals surface area contributed by atoms with E-state index in [1.54, 1.807) is 24.2 Å². The van der Waals surface area contributed by atoms with E-state index in [2.05, 4.69) is 16.6 Å². The Morgan fingerprint density at radius 2 is 2.50 bits per heavy atom. The fourth-order valence-electron chi connectivity index (χ4n) is 0.806. The summed E-state index contributed by atoms with van der Waals surface area (Å²) < 4.78 is 0. The summed E-state index contributed by atoms with van der Waals surface area (Å²) in [5.41, 5.74) is 0.959. The Kier molecular flexibility index (Phi) is 4.25. The Labute approximate surface area is 81.7 Å². The van der Waals surface area contributed by atoms with Crippen molar-refractivity contribution in [2.75, 3.05) is 23.9 Å². The Bertz CT molecular complexity index is 242. The molecule has 0 aromatic carbocycles. The zero-order valence-corrected chi connectivity index (χ0v) is 8.45. The van der Waals surface area contributed by atoms with E-state index in [1.165, 1.54) is 0 Å². The lowest BCUT2D eigenvalue weighted by molar-refractivity contribution is 1.21. The maximum atomic E-state index is 5.87. The summed E-state index contributed by atoms with van der Waals surface area (Å²) in [7, 11) is 0. The molecule has 0 bridgehead atoms. The Hall–Kier alpha value is -0.410. The highest BCUT2D eigenvalue weighted by Crippen LogP contribution is 2.18. The standard InChI is InChI=1S/C8H11ClN2S/c1-12-5-4-11-8-2-3-10-6-7(8)9/h2-3,6H,4-5H2,1H3,(H,10,11). The summed E-state index contributed by atoms with van der Waals surface area (Å²) in [6.07, 6.45) is 5.45. The number of nitrogens with one attached hydrogen (secondary N) is 1. The van der Waals surface area contributed by atoms with Gasteiger partial charge in [-0.3, -0.25) is 4.98 Å². The third-order valence-corrected chi connectivity index (χ3v) is 2.31. The zero-order valence-electron chi connectivity index (χ0n) is 6.88. The first-order valence-corrected chi connectivity index (χ1v) is 5.44. The first-order chi connectivity index (χ1) is 5.84. The van der Waals surface area contributed by atoms with Crippen LogP contribution in [0.25, 0.3) is 0 Å². The van der Waals surface area contributed by atoms with Crippen LogP contribution in [0.4, 0.5) is 5.69 Å². The Morgan fingerprint density at radius 3 is 3.17 bits per heavy atom. The van der Waals surface area contributed by atoms with Crippen molar-refractivity contribution in [3.63, 3.8) is 0 Å². The summed E-state index contributed by atoms with van der Waals surface area (Å²) in [5, 5.41) is 3.90. The normalized spacial score (nSPS) is 9.83. The van der Waals surface area contributed by atoms with E-state index >= 15 is 0 Å².